The Hall–Kier alpha value is -2.81. The Labute approximate surface area is 162 Å². The first-order valence-corrected chi connectivity index (χ1v) is 9.83. The van der Waals surface area contributed by atoms with E-state index in [1.165, 1.54) is 11.0 Å². The Morgan fingerprint density at radius 2 is 1.79 bits per heavy atom. The predicted octanol–water partition coefficient (Wildman–Crippen LogP) is -0.0553. The molecule has 2 bridgehead atoms. The zero-order chi connectivity index (χ0) is 19.1. The largest absolute Gasteiger partial charge is 0.346 e. The van der Waals surface area contributed by atoms with Gasteiger partial charge in [0.1, 0.15) is 6.33 Å². The summed E-state index contributed by atoms with van der Waals surface area (Å²) in [7, 11) is 0. The summed E-state index contributed by atoms with van der Waals surface area (Å²) in [6.45, 7) is 4.40. The van der Waals surface area contributed by atoms with Crippen molar-refractivity contribution >= 4 is 11.8 Å². The molecule has 4 saturated heterocycles. The zero-order valence-electron chi connectivity index (χ0n) is 15.6. The third-order valence-corrected chi connectivity index (χ3v) is 6.24. The molecule has 9 nitrogen and oxygen atoms in total. The van der Waals surface area contributed by atoms with Crippen LogP contribution in [0.3, 0.4) is 0 Å². The number of amides is 2. The number of likely N-dealkylation sites (tertiary alicyclic amines) is 1. The molecule has 0 spiro atoms. The summed E-state index contributed by atoms with van der Waals surface area (Å²) in [4.78, 5) is 29.6. The lowest BCUT2D eigenvalue weighted by molar-refractivity contribution is -0.146. The van der Waals surface area contributed by atoms with Crippen LogP contribution >= 0.6 is 0 Å². The van der Waals surface area contributed by atoms with E-state index < -0.39 is 0 Å². The quantitative estimate of drug-likeness (QED) is 0.797. The van der Waals surface area contributed by atoms with Gasteiger partial charge in [0.15, 0.2) is 0 Å². The molecule has 1 aromatic heterocycles. The van der Waals surface area contributed by atoms with E-state index >= 15 is 0 Å². The van der Waals surface area contributed by atoms with Crippen LogP contribution in [0.5, 0.6) is 0 Å². The van der Waals surface area contributed by atoms with Gasteiger partial charge in [-0.25, -0.2) is 4.68 Å². The van der Waals surface area contributed by atoms with E-state index in [1.54, 1.807) is 24.3 Å². The molecule has 0 radical (unpaired) electrons. The highest BCUT2D eigenvalue weighted by Crippen LogP contribution is 2.34. The fraction of sp³-hybridized carbons (Fsp3) is 0.526. The zero-order valence-corrected chi connectivity index (χ0v) is 15.6. The second kappa shape index (κ2) is 6.97. The van der Waals surface area contributed by atoms with Gasteiger partial charge in [-0.1, -0.05) is 0 Å². The molecule has 9 heteroatoms. The number of hydrogen-bond donors (Lipinski definition) is 1. The molecule has 1 aromatic carbocycles. The SMILES string of the molecule is O=C(NC1CN(C(=O)C2CN3CCC2CC3)C1)c1ccc(-n2cnnn2)cc1. The Bertz CT molecular complexity index is 853. The molecular weight excluding hydrogens is 358 g/mol. The van der Waals surface area contributed by atoms with Gasteiger partial charge in [-0.05, 0) is 66.5 Å². The third kappa shape index (κ3) is 3.15. The fourth-order valence-corrected chi connectivity index (χ4v) is 4.54. The van der Waals surface area contributed by atoms with Crippen molar-refractivity contribution in [3.8, 4) is 5.69 Å². The van der Waals surface area contributed by atoms with E-state index in [9.17, 15) is 9.59 Å². The molecular formula is C19H23N7O2. The summed E-state index contributed by atoms with van der Waals surface area (Å²) in [5.74, 6) is 0.844. The van der Waals surface area contributed by atoms with Crippen molar-refractivity contribution in [2.45, 2.75) is 18.9 Å². The first kappa shape index (κ1) is 17.3. The van der Waals surface area contributed by atoms with Gasteiger partial charge in [-0.2, -0.15) is 0 Å². The molecule has 2 amide bonds. The van der Waals surface area contributed by atoms with Crippen molar-refractivity contribution in [2.24, 2.45) is 11.8 Å². The number of fused-ring (bicyclic) bond motifs is 3. The van der Waals surface area contributed by atoms with Crippen LogP contribution in [0, 0.1) is 11.8 Å². The van der Waals surface area contributed by atoms with Gasteiger partial charge >= 0.3 is 0 Å². The minimum absolute atomic E-state index is 0.0247. The number of aromatic nitrogens is 4. The summed E-state index contributed by atoms with van der Waals surface area (Å²) in [5.41, 5.74) is 1.37. The number of carbonyl (C=O) groups is 2. The lowest BCUT2D eigenvalue weighted by atomic mass is 9.78. The summed E-state index contributed by atoms with van der Waals surface area (Å²) in [5, 5.41) is 14.0. The summed E-state index contributed by atoms with van der Waals surface area (Å²) < 4.78 is 1.53. The maximum atomic E-state index is 12.8. The number of benzene rings is 1. The minimum Gasteiger partial charge on any atom is -0.346 e. The Balaban J connectivity index is 1.13. The molecule has 4 aliphatic rings. The maximum Gasteiger partial charge on any atom is 0.251 e. The third-order valence-electron chi connectivity index (χ3n) is 6.24. The number of nitrogens with zero attached hydrogens (tertiary/aromatic N) is 6. The maximum absolute atomic E-state index is 12.8. The summed E-state index contributed by atoms with van der Waals surface area (Å²) >= 11 is 0. The molecule has 2 aromatic rings. The van der Waals surface area contributed by atoms with Crippen LogP contribution in [-0.4, -0.2) is 80.6 Å². The van der Waals surface area contributed by atoms with Gasteiger partial charge in [0, 0.05) is 25.2 Å². The summed E-state index contributed by atoms with van der Waals surface area (Å²) in [6, 6.07) is 7.13. The molecule has 6 rings (SSSR count). The molecule has 4 aliphatic heterocycles. The highest BCUT2D eigenvalue weighted by atomic mass is 16.2. The molecule has 1 N–H and O–H groups in total. The predicted molar refractivity (Wildman–Crippen MR) is 99.6 cm³/mol. The van der Waals surface area contributed by atoms with Crippen molar-refractivity contribution in [3.63, 3.8) is 0 Å². The lowest BCUT2D eigenvalue weighted by Gasteiger charge is -2.48. The highest BCUT2D eigenvalue weighted by molar-refractivity contribution is 5.94. The number of carbonyl (C=O) groups excluding carboxylic acids is 2. The van der Waals surface area contributed by atoms with E-state index in [4.69, 9.17) is 0 Å². The van der Waals surface area contributed by atoms with E-state index in [-0.39, 0.29) is 23.8 Å². The van der Waals surface area contributed by atoms with Crippen LogP contribution in [0.15, 0.2) is 30.6 Å². The Morgan fingerprint density at radius 1 is 1.04 bits per heavy atom. The van der Waals surface area contributed by atoms with Crippen LogP contribution in [-0.2, 0) is 4.79 Å². The number of tetrazole rings is 1. The van der Waals surface area contributed by atoms with Gasteiger partial charge in [-0.15, -0.1) is 5.10 Å². The van der Waals surface area contributed by atoms with Crippen molar-refractivity contribution < 1.29 is 9.59 Å². The monoisotopic (exact) mass is 381 g/mol. The molecule has 1 atom stereocenters. The standard InChI is InChI=1S/C19H23N7O2/c27-18(14-1-3-16(4-2-14)26-12-20-22-23-26)21-15-9-25(10-15)19(28)17-11-24-7-5-13(17)6-8-24/h1-4,12-13,15,17H,5-11H2,(H,21,27). The Morgan fingerprint density at radius 3 is 2.39 bits per heavy atom. The number of piperidine rings is 3. The van der Waals surface area contributed by atoms with Crippen molar-refractivity contribution in [1.82, 2.24) is 35.3 Å². The van der Waals surface area contributed by atoms with E-state index in [1.807, 2.05) is 4.90 Å². The fourth-order valence-electron chi connectivity index (χ4n) is 4.54. The molecule has 5 heterocycles. The van der Waals surface area contributed by atoms with Crippen LogP contribution in [0.2, 0.25) is 0 Å². The van der Waals surface area contributed by atoms with Gasteiger partial charge in [0.25, 0.3) is 5.91 Å². The molecule has 1 unspecified atom stereocenters. The normalized spacial score (nSPS) is 26.7. The molecule has 0 aliphatic carbocycles. The Kier molecular flexibility index (Phi) is 4.31. The van der Waals surface area contributed by atoms with E-state index in [0.717, 1.165) is 38.2 Å². The minimum atomic E-state index is -0.122. The van der Waals surface area contributed by atoms with Crippen LogP contribution in [0.4, 0.5) is 0 Å². The van der Waals surface area contributed by atoms with E-state index in [0.29, 0.717) is 24.6 Å². The van der Waals surface area contributed by atoms with Gasteiger partial charge in [0.2, 0.25) is 5.91 Å². The van der Waals surface area contributed by atoms with E-state index in [2.05, 4.69) is 25.7 Å². The second-order valence-corrected chi connectivity index (χ2v) is 7.96. The van der Waals surface area contributed by atoms with Crippen molar-refractivity contribution in [2.75, 3.05) is 32.7 Å². The first-order valence-electron chi connectivity index (χ1n) is 9.83. The summed E-state index contributed by atoms with van der Waals surface area (Å²) in [6.07, 6.45) is 3.79. The molecule has 4 fully saturated rings. The molecule has 0 saturated carbocycles. The topological polar surface area (TPSA) is 96.2 Å². The van der Waals surface area contributed by atoms with Crippen molar-refractivity contribution in [1.29, 1.82) is 0 Å². The molecule has 146 valence electrons. The van der Waals surface area contributed by atoms with Crippen LogP contribution in [0.25, 0.3) is 5.69 Å². The number of nitrogens with one attached hydrogen (secondary N) is 1. The average Bonchev–Trinajstić information content (AvgIpc) is 3.25. The smallest absolute Gasteiger partial charge is 0.251 e. The second-order valence-electron chi connectivity index (χ2n) is 7.96. The first-order chi connectivity index (χ1) is 13.7. The highest BCUT2D eigenvalue weighted by Gasteiger charge is 2.43. The van der Waals surface area contributed by atoms with Crippen molar-refractivity contribution in [3.05, 3.63) is 36.2 Å². The molecule has 28 heavy (non-hydrogen) atoms. The van der Waals surface area contributed by atoms with Gasteiger partial charge < -0.3 is 15.1 Å². The van der Waals surface area contributed by atoms with Crippen LogP contribution in [0.1, 0.15) is 23.2 Å². The number of rotatable bonds is 4. The average molecular weight is 381 g/mol. The lowest BCUT2D eigenvalue weighted by Crippen LogP contribution is -2.64. The van der Waals surface area contributed by atoms with Crippen LogP contribution < -0.4 is 5.32 Å². The number of hydrogen-bond acceptors (Lipinski definition) is 6. The van der Waals surface area contributed by atoms with Gasteiger partial charge in [0.05, 0.1) is 17.6 Å². The van der Waals surface area contributed by atoms with Gasteiger partial charge in [-0.3, -0.25) is 9.59 Å².